The molecule has 0 saturated carbocycles. The first kappa shape index (κ1) is 18.4. The molecule has 22 heavy (non-hydrogen) atoms. The van der Waals surface area contributed by atoms with Gasteiger partial charge >= 0.3 is 0 Å². The van der Waals surface area contributed by atoms with Crippen LogP contribution in [0.2, 0.25) is 10.0 Å². The maximum absolute atomic E-state index is 7.61. The lowest BCUT2D eigenvalue weighted by molar-refractivity contribution is 0.284. The zero-order valence-corrected chi connectivity index (χ0v) is 14.1. The first-order chi connectivity index (χ1) is 10.0. The highest BCUT2D eigenvalue weighted by Gasteiger charge is 2.14. The van der Waals surface area contributed by atoms with E-state index >= 15 is 0 Å². The van der Waals surface area contributed by atoms with Crippen molar-refractivity contribution in [2.45, 2.75) is 6.61 Å². The van der Waals surface area contributed by atoms with Crippen molar-refractivity contribution in [1.29, 1.82) is 5.41 Å². The summed E-state index contributed by atoms with van der Waals surface area (Å²) in [5, 5.41) is 8.64. The molecule has 0 aromatic heterocycles. The van der Waals surface area contributed by atoms with Crippen LogP contribution in [0, 0.1) is 5.41 Å². The summed E-state index contributed by atoms with van der Waals surface area (Å²) in [6, 6.07) is 10.4. The van der Waals surface area contributed by atoms with Crippen molar-refractivity contribution < 1.29 is 9.47 Å². The summed E-state index contributed by atoms with van der Waals surface area (Å²) in [4.78, 5) is 0. The molecule has 0 aliphatic rings. The van der Waals surface area contributed by atoms with Crippen LogP contribution in [-0.4, -0.2) is 12.9 Å². The summed E-state index contributed by atoms with van der Waals surface area (Å²) in [5.74, 6) is 0.781. The van der Waals surface area contributed by atoms with Crippen molar-refractivity contribution in [3.8, 4) is 11.5 Å². The van der Waals surface area contributed by atoms with Gasteiger partial charge in [0.25, 0.3) is 0 Å². The average molecular weight is 362 g/mol. The van der Waals surface area contributed by atoms with Gasteiger partial charge in [-0.3, -0.25) is 5.41 Å². The summed E-state index contributed by atoms with van der Waals surface area (Å²) in [6.07, 6.45) is 0. The summed E-state index contributed by atoms with van der Waals surface area (Å²) < 4.78 is 11.0. The number of nitrogens with two attached hydrogens (primary N) is 1. The van der Waals surface area contributed by atoms with Crippen LogP contribution in [0.3, 0.4) is 0 Å². The Morgan fingerprint density at radius 2 is 1.73 bits per heavy atom. The van der Waals surface area contributed by atoms with Crippen LogP contribution in [0.15, 0.2) is 36.4 Å². The van der Waals surface area contributed by atoms with E-state index in [1.807, 2.05) is 0 Å². The van der Waals surface area contributed by atoms with Crippen LogP contribution in [-0.2, 0) is 6.61 Å². The topological polar surface area (TPSA) is 68.3 Å². The van der Waals surface area contributed by atoms with Crippen molar-refractivity contribution in [3.63, 3.8) is 0 Å². The Morgan fingerprint density at radius 1 is 1.14 bits per heavy atom. The predicted molar refractivity (Wildman–Crippen MR) is 92.1 cm³/mol. The molecule has 2 rings (SSSR count). The fourth-order valence-electron chi connectivity index (χ4n) is 1.85. The largest absolute Gasteiger partial charge is 0.493 e. The molecular formula is C15H15Cl3N2O2. The van der Waals surface area contributed by atoms with Gasteiger partial charge in [-0.15, -0.1) is 12.4 Å². The van der Waals surface area contributed by atoms with E-state index in [-0.39, 0.29) is 24.8 Å². The lowest BCUT2D eigenvalue weighted by Gasteiger charge is -2.15. The highest BCUT2D eigenvalue weighted by molar-refractivity contribution is 6.35. The number of halogens is 3. The maximum Gasteiger partial charge on any atom is 0.172 e. The first-order valence-corrected chi connectivity index (χ1v) is 6.87. The second-order valence-corrected chi connectivity index (χ2v) is 5.05. The van der Waals surface area contributed by atoms with Gasteiger partial charge in [-0.2, -0.15) is 0 Å². The van der Waals surface area contributed by atoms with Crippen molar-refractivity contribution in [2.75, 3.05) is 7.11 Å². The van der Waals surface area contributed by atoms with Crippen LogP contribution in [0.25, 0.3) is 0 Å². The molecule has 0 amide bonds. The van der Waals surface area contributed by atoms with E-state index in [9.17, 15) is 0 Å². The SMILES string of the molecule is COc1cccc(C(=N)N)c1OCc1c(Cl)cccc1Cl.Cl. The summed E-state index contributed by atoms with van der Waals surface area (Å²) in [6.45, 7) is 0.152. The van der Waals surface area contributed by atoms with Gasteiger partial charge in [0, 0.05) is 15.6 Å². The quantitative estimate of drug-likeness (QED) is 0.616. The van der Waals surface area contributed by atoms with Crippen molar-refractivity contribution in [3.05, 3.63) is 57.6 Å². The number of nitrogens with one attached hydrogen (secondary N) is 1. The van der Waals surface area contributed by atoms with E-state index in [0.717, 1.165) is 0 Å². The van der Waals surface area contributed by atoms with Crippen LogP contribution in [0.1, 0.15) is 11.1 Å². The van der Waals surface area contributed by atoms with Gasteiger partial charge in [0.1, 0.15) is 12.4 Å². The van der Waals surface area contributed by atoms with Crippen molar-refractivity contribution in [2.24, 2.45) is 5.73 Å². The summed E-state index contributed by atoms with van der Waals surface area (Å²) >= 11 is 12.2. The molecule has 0 aliphatic heterocycles. The molecule has 0 spiro atoms. The molecule has 0 unspecified atom stereocenters. The number of hydrogen-bond acceptors (Lipinski definition) is 3. The van der Waals surface area contributed by atoms with E-state index in [2.05, 4.69) is 0 Å². The van der Waals surface area contributed by atoms with Gasteiger partial charge < -0.3 is 15.2 Å². The number of methoxy groups -OCH3 is 1. The third-order valence-corrected chi connectivity index (χ3v) is 3.62. The minimum atomic E-state index is -0.103. The Morgan fingerprint density at radius 3 is 2.27 bits per heavy atom. The maximum atomic E-state index is 7.61. The van der Waals surface area contributed by atoms with E-state index in [0.29, 0.717) is 32.7 Å². The van der Waals surface area contributed by atoms with E-state index in [1.165, 1.54) is 7.11 Å². The number of nitrogen functional groups attached to an aromatic ring is 1. The van der Waals surface area contributed by atoms with Gasteiger partial charge in [0.05, 0.1) is 12.7 Å². The molecule has 118 valence electrons. The van der Waals surface area contributed by atoms with Gasteiger partial charge in [-0.05, 0) is 24.3 Å². The Balaban J connectivity index is 0.00000242. The summed E-state index contributed by atoms with van der Waals surface area (Å²) in [7, 11) is 1.52. The Kier molecular flexibility index (Phi) is 6.81. The molecule has 0 atom stereocenters. The lowest BCUT2D eigenvalue weighted by Crippen LogP contribution is -2.13. The second kappa shape index (κ2) is 8.13. The van der Waals surface area contributed by atoms with Crippen LogP contribution in [0.4, 0.5) is 0 Å². The molecule has 4 nitrogen and oxygen atoms in total. The molecule has 2 aromatic carbocycles. The molecule has 0 saturated heterocycles. The van der Waals surface area contributed by atoms with Gasteiger partial charge in [-0.25, -0.2) is 0 Å². The monoisotopic (exact) mass is 360 g/mol. The van der Waals surface area contributed by atoms with Gasteiger partial charge in [-0.1, -0.05) is 35.3 Å². The number of ether oxygens (including phenoxy) is 2. The standard InChI is InChI=1S/C15H14Cl2N2O2.ClH/c1-20-13-7-2-4-9(15(18)19)14(13)21-8-10-11(16)5-3-6-12(10)17;/h2-7H,8H2,1H3,(H3,18,19);1H. The zero-order chi connectivity index (χ0) is 15.4. The smallest absolute Gasteiger partial charge is 0.172 e. The van der Waals surface area contributed by atoms with Crippen molar-refractivity contribution >= 4 is 41.4 Å². The van der Waals surface area contributed by atoms with Gasteiger partial charge in [0.15, 0.2) is 11.5 Å². The predicted octanol–water partition coefficient (Wildman–Crippen LogP) is 4.29. The zero-order valence-electron chi connectivity index (χ0n) is 11.7. The average Bonchev–Trinajstić information content (AvgIpc) is 2.46. The normalized spacial score (nSPS) is 9.77. The Labute approximate surface area is 145 Å². The van der Waals surface area contributed by atoms with E-state index in [4.69, 9.17) is 43.8 Å². The first-order valence-electron chi connectivity index (χ1n) is 6.11. The third-order valence-electron chi connectivity index (χ3n) is 2.91. The molecule has 0 heterocycles. The molecule has 0 radical (unpaired) electrons. The minimum absolute atomic E-state index is 0. The molecule has 7 heteroatoms. The number of amidine groups is 1. The summed E-state index contributed by atoms with van der Waals surface area (Å²) in [5.41, 5.74) is 6.69. The molecule has 0 aliphatic carbocycles. The fraction of sp³-hybridized carbons (Fsp3) is 0.133. The van der Waals surface area contributed by atoms with Crippen LogP contribution >= 0.6 is 35.6 Å². The third kappa shape index (κ3) is 3.97. The molecular weight excluding hydrogens is 347 g/mol. The lowest BCUT2D eigenvalue weighted by atomic mass is 10.1. The van der Waals surface area contributed by atoms with Gasteiger partial charge in [0.2, 0.25) is 0 Å². The van der Waals surface area contributed by atoms with Crippen LogP contribution in [0.5, 0.6) is 11.5 Å². The molecule has 2 aromatic rings. The van der Waals surface area contributed by atoms with Crippen LogP contribution < -0.4 is 15.2 Å². The molecule has 0 bridgehead atoms. The van der Waals surface area contributed by atoms with E-state index < -0.39 is 0 Å². The van der Waals surface area contributed by atoms with E-state index in [1.54, 1.807) is 36.4 Å². The second-order valence-electron chi connectivity index (χ2n) is 4.24. The number of para-hydroxylation sites is 1. The Bertz CT molecular complexity index is 658. The number of hydrogen-bond donors (Lipinski definition) is 2. The minimum Gasteiger partial charge on any atom is -0.493 e. The van der Waals surface area contributed by atoms with Crippen molar-refractivity contribution in [1.82, 2.24) is 0 Å². The number of benzene rings is 2. The molecule has 3 N–H and O–H groups in total. The number of rotatable bonds is 5. The Hall–Kier alpha value is -1.62. The fourth-order valence-corrected chi connectivity index (χ4v) is 2.36. The molecule has 0 fully saturated rings. The highest BCUT2D eigenvalue weighted by Crippen LogP contribution is 2.33. The highest BCUT2D eigenvalue weighted by atomic mass is 35.5.